The molecule has 3 aliphatic rings. The highest BCUT2D eigenvalue weighted by atomic mass is 35.5. The first kappa shape index (κ1) is 29.4. The summed E-state index contributed by atoms with van der Waals surface area (Å²) in [4.78, 5) is 27.0. The Labute approximate surface area is 252 Å². The van der Waals surface area contributed by atoms with Gasteiger partial charge < -0.3 is 23.6 Å². The molecule has 226 valence electrons. The summed E-state index contributed by atoms with van der Waals surface area (Å²) < 4.78 is 58.2. The Hall–Kier alpha value is -3.65. The number of aliphatic hydroxyl groups is 1. The van der Waals surface area contributed by atoms with E-state index in [4.69, 9.17) is 25.2 Å². The number of carbonyl (C=O) groups excluding carboxylic acids is 1. The summed E-state index contributed by atoms with van der Waals surface area (Å²) in [5.74, 6) is -1.61. The smallest absolute Gasteiger partial charge is 0.484 e. The number of hydrogen-bond acceptors (Lipinski definition) is 9. The van der Waals surface area contributed by atoms with Crippen LogP contribution in [0.25, 0.3) is 0 Å². The van der Waals surface area contributed by atoms with E-state index in [0.717, 1.165) is 28.5 Å². The minimum Gasteiger partial charge on any atom is -0.484 e. The quantitative estimate of drug-likeness (QED) is 0.391. The molecule has 2 aromatic carbocycles. The molecule has 6 rings (SSSR count). The number of hydrazine groups is 1. The molecule has 1 saturated heterocycles. The number of thioether (sulfide) groups is 1. The van der Waals surface area contributed by atoms with Crippen molar-refractivity contribution in [1.82, 2.24) is 14.9 Å². The zero-order valence-electron chi connectivity index (χ0n) is 22.8. The van der Waals surface area contributed by atoms with E-state index in [2.05, 4.69) is 0 Å². The molecule has 1 unspecified atom stereocenters. The predicted molar refractivity (Wildman–Crippen MR) is 149 cm³/mol. The summed E-state index contributed by atoms with van der Waals surface area (Å²) in [5.41, 5.74) is 2.07. The maximum atomic E-state index is 14.2. The third-order valence-electron chi connectivity index (χ3n) is 7.65. The standard InChI is InChI=1S/C29H25ClF3N3O6S/c1-15-22(42-28(39)41-15)12-40-26-21(37)10-11-35-25(26)27(38)34(16(2)29(31,32)33)14-36(35)24-17-7-5-8-20(30)19(17)13-43-23-9-4-3-6-18(23)24/h3-11,16,21,24,37H,12-14H2,1-2H3/t16-,21?,24+/m1/s1. The van der Waals surface area contributed by atoms with Crippen LogP contribution < -0.4 is 5.82 Å². The van der Waals surface area contributed by atoms with E-state index in [-0.39, 0.29) is 23.0 Å². The Bertz CT molecular complexity index is 1700. The number of nitrogens with zero attached hydrogens (tertiary/aromatic N) is 3. The van der Waals surface area contributed by atoms with Gasteiger partial charge in [-0.15, -0.1) is 11.8 Å². The lowest BCUT2D eigenvalue weighted by Gasteiger charge is -2.50. The summed E-state index contributed by atoms with van der Waals surface area (Å²) in [5, 5.41) is 14.5. The zero-order chi connectivity index (χ0) is 30.6. The van der Waals surface area contributed by atoms with Crippen molar-refractivity contribution in [2.45, 2.75) is 55.5 Å². The maximum Gasteiger partial charge on any atom is 0.519 e. The van der Waals surface area contributed by atoms with Crippen molar-refractivity contribution in [3.8, 4) is 0 Å². The van der Waals surface area contributed by atoms with E-state index in [1.54, 1.807) is 28.9 Å². The number of hydrogen-bond donors (Lipinski definition) is 1. The van der Waals surface area contributed by atoms with Crippen LogP contribution in [-0.2, 0) is 21.9 Å². The number of ether oxygens (including phenoxy) is 1. The van der Waals surface area contributed by atoms with Crippen molar-refractivity contribution in [2.75, 3.05) is 6.67 Å². The van der Waals surface area contributed by atoms with E-state index >= 15 is 0 Å². The zero-order valence-corrected chi connectivity index (χ0v) is 24.4. The second kappa shape index (κ2) is 11.1. The number of amides is 1. The van der Waals surface area contributed by atoms with E-state index in [0.29, 0.717) is 15.7 Å². The number of aryl methyl sites for hydroxylation is 1. The van der Waals surface area contributed by atoms with Gasteiger partial charge >= 0.3 is 12.0 Å². The first-order valence-electron chi connectivity index (χ1n) is 13.2. The van der Waals surface area contributed by atoms with Gasteiger partial charge in [-0.3, -0.25) is 9.80 Å². The first-order chi connectivity index (χ1) is 20.5. The average molecular weight is 636 g/mol. The summed E-state index contributed by atoms with van der Waals surface area (Å²) in [6.07, 6.45) is -3.43. The highest BCUT2D eigenvalue weighted by molar-refractivity contribution is 7.98. The summed E-state index contributed by atoms with van der Waals surface area (Å²) >= 11 is 8.20. The molecular formula is C29H25ClF3N3O6S. The highest BCUT2D eigenvalue weighted by Crippen LogP contribution is 2.47. The minimum absolute atomic E-state index is 0.00493. The topological polar surface area (TPSA) is 99.6 Å². The van der Waals surface area contributed by atoms with Crippen LogP contribution in [0.3, 0.4) is 0 Å². The fraction of sp³-hybridized carbons (Fsp3) is 0.310. The fourth-order valence-electron chi connectivity index (χ4n) is 5.36. The van der Waals surface area contributed by atoms with E-state index < -0.39 is 49.4 Å². The van der Waals surface area contributed by atoms with Crippen LogP contribution in [0.5, 0.6) is 0 Å². The van der Waals surface area contributed by atoms with Gasteiger partial charge in [0.05, 0.1) is 12.7 Å². The molecule has 43 heavy (non-hydrogen) atoms. The second-order valence-corrected chi connectivity index (χ2v) is 11.6. The highest BCUT2D eigenvalue weighted by Gasteiger charge is 2.50. The van der Waals surface area contributed by atoms with Gasteiger partial charge in [0, 0.05) is 21.9 Å². The van der Waals surface area contributed by atoms with E-state index in [9.17, 15) is 27.9 Å². The number of benzene rings is 2. The van der Waals surface area contributed by atoms with Crippen LogP contribution in [0.1, 0.15) is 41.2 Å². The van der Waals surface area contributed by atoms with Crippen LogP contribution in [-0.4, -0.2) is 50.9 Å². The Balaban J connectivity index is 1.53. The van der Waals surface area contributed by atoms with Crippen molar-refractivity contribution in [3.05, 3.63) is 110 Å². The molecule has 0 aliphatic carbocycles. The lowest BCUT2D eigenvalue weighted by Crippen LogP contribution is -2.62. The van der Waals surface area contributed by atoms with Crippen molar-refractivity contribution < 1.29 is 36.6 Å². The molecule has 1 aromatic heterocycles. The molecule has 0 spiro atoms. The second-order valence-electron chi connectivity index (χ2n) is 10.2. The van der Waals surface area contributed by atoms with E-state index in [1.165, 1.54) is 24.2 Å². The number of alkyl halides is 3. The van der Waals surface area contributed by atoms with Crippen molar-refractivity contribution >= 4 is 29.3 Å². The number of fused-ring (bicyclic) bond motifs is 3. The Morgan fingerprint density at radius 2 is 1.88 bits per heavy atom. The number of halogens is 4. The monoisotopic (exact) mass is 635 g/mol. The Morgan fingerprint density at radius 1 is 1.14 bits per heavy atom. The van der Waals surface area contributed by atoms with Crippen LogP contribution in [0.15, 0.2) is 84.7 Å². The Morgan fingerprint density at radius 3 is 2.60 bits per heavy atom. The minimum atomic E-state index is -4.75. The first-order valence-corrected chi connectivity index (χ1v) is 14.6. The van der Waals surface area contributed by atoms with Crippen LogP contribution in [0, 0.1) is 6.92 Å². The molecule has 3 aromatic rings. The summed E-state index contributed by atoms with van der Waals surface area (Å²) in [7, 11) is 0. The van der Waals surface area contributed by atoms with Gasteiger partial charge in [0.25, 0.3) is 5.91 Å². The predicted octanol–water partition coefficient (Wildman–Crippen LogP) is 5.48. The van der Waals surface area contributed by atoms with Crippen molar-refractivity contribution in [1.29, 1.82) is 0 Å². The van der Waals surface area contributed by atoms with Crippen molar-refractivity contribution in [3.63, 3.8) is 0 Å². The normalized spacial score (nSPS) is 21.3. The molecule has 1 amide bonds. The number of aliphatic hydroxyl groups excluding tert-OH is 1. The molecule has 14 heteroatoms. The summed E-state index contributed by atoms with van der Waals surface area (Å²) in [6, 6.07) is 10.1. The molecule has 1 N–H and O–H groups in total. The molecule has 0 radical (unpaired) electrons. The Kier molecular flexibility index (Phi) is 7.61. The molecule has 3 atom stereocenters. The van der Waals surface area contributed by atoms with Gasteiger partial charge in [-0.2, -0.15) is 18.2 Å². The molecule has 0 bridgehead atoms. The van der Waals surface area contributed by atoms with Gasteiger partial charge in [-0.05, 0) is 48.7 Å². The fourth-order valence-corrected chi connectivity index (χ4v) is 6.84. The van der Waals surface area contributed by atoms with Gasteiger partial charge in [0.15, 0.2) is 23.0 Å². The van der Waals surface area contributed by atoms with Gasteiger partial charge in [-0.1, -0.05) is 41.9 Å². The number of rotatable bonds is 5. The number of carbonyl (C=O) groups is 1. The third-order valence-corrected chi connectivity index (χ3v) is 9.12. The molecular weight excluding hydrogens is 611 g/mol. The molecule has 1 fully saturated rings. The van der Waals surface area contributed by atoms with Crippen LogP contribution in [0.4, 0.5) is 13.2 Å². The molecule has 4 heterocycles. The van der Waals surface area contributed by atoms with Crippen molar-refractivity contribution in [2.24, 2.45) is 0 Å². The SMILES string of the molecule is Cc1oc(=O)oc1COC1=C2C(=O)N([C@H](C)C(F)(F)F)CN([C@@H]3c4ccccc4SCc4c(Cl)cccc43)N2C=CC1O. The van der Waals surface area contributed by atoms with Crippen LogP contribution in [0.2, 0.25) is 5.02 Å². The molecule has 3 aliphatic heterocycles. The largest absolute Gasteiger partial charge is 0.519 e. The lowest BCUT2D eigenvalue weighted by atomic mass is 9.94. The third kappa shape index (κ3) is 5.24. The van der Waals surface area contributed by atoms with Gasteiger partial charge in [0.2, 0.25) is 0 Å². The maximum absolute atomic E-state index is 14.2. The molecule has 9 nitrogen and oxygen atoms in total. The van der Waals surface area contributed by atoms with Gasteiger partial charge in [0.1, 0.15) is 18.8 Å². The van der Waals surface area contributed by atoms with Crippen LogP contribution >= 0.6 is 23.4 Å². The lowest BCUT2D eigenvalue weighted by molar-refractivity contribution is -0.204. The molecule has 0 saturated carbocycles. The van der Waals surface area contributed by atoms with Gasteiger partial charge in [-0.25, -0.2) is 4.79 Å². The average Bonchev–Trinajstić information content (AvgIpc) is 3.18. The van der Waals surface area contributed by atoms with E-state index in [1.807, 2.05) is 30.3 Å². The summed E-state index contributed by atoms with van der Waals surface area (Å²) in [6.45, 7) is 1.52.